The Labute approximate surface area is 144 Å². The predicted octanol–water partition coefficient (Wildman–Crippen LogP) is 1.30. The maximum absolute atomic E-state index is 12.3. The first kappa shape index (κ1) is 16.8. The molecular weight excluding hydrogens is 328 g/mol. The molecule has 0 spiro atoms. The minimum Gasteiger partial charge on any atom is -0.460 e. The summed E-state index contributed by atoms with van der Waals surface area (Å²) >= 11 is 1.63. The summed E-state index contributed by atoms with van der Waals surface area (Å²) in [5, 5.41) is 2.59. The van der Waals surface area contributed by atoms with Crippen molar-refractivity contribution in [3.8, 4) is 0 Å². The fourth-order valence-corrected chi connectivity index (χ4v) is 4.51. The van der Waals surface area contributed by atoms with Crippen LogP contribution in [0.5, 0.6) is 0 Å². The van der Waals surface area contributed by atoms with E-state index in [1.165, 1.54) is 0 Å². The first-order valence-corrected chi connectivity index (χ1v) is 8.91. The molecule has 0 saturated carbocycles. The van der Waals surface area contributed by atoms with Crippen LogP contribution in [-0.2, 0) is 25.7 Å². The van der Waals surface area contributed by atoms with Gasteiger partial charge in [-0.2, -0.15) is 0 Å². The molecule has 0 aromatic heterocycles. The van der Waals surface area contributed by atoms with Gasteiger partial charge in [-0.3, -0.25) is 14.4 Å². The van der Waals surface area contributed by atoms with Gasteiger partial charge in [-0.1, -0.05) is 30.3 Å². The molecule has 24 heavy (non-hydrogen) atoms. The van der Waals surface area contributed by atoms with Gasteiger partial charge in [0.2, 0.25) is 11.8 Å². The second-order valence-corrected chi connectivity index (χ2v) is 7.63. The Hall–Kier alpha value is -2.02. The van der Waals surface area contributed by atoms with Crippen LogP contribution < -0.4 is 5.32 Å². The molecule has 2 amide bonds. The SMILES string of the molecule is C[C@]12CCC(=O)N1[C@@H](C(=O)NCC(=O)OCc1ccccc1)CS2. The zero-order chi connectivity index (χ0) is 17.2. The summed E-state index contributed by atoms with van der Waals surface area (Å²) in [6, 6.07) is 8.85. The van der Waals surface area contributed by atoms with Crippen LogP contribution in [0.25, 0.3) is 0 Å². The molecule has 2 saturated heterocycles. The van der Waals surface area contributed by atoms with Crippen LogP contribution in [0, 0.1) is 0 Å². The minimum absolute atomic E-state index is 0.00861. The van der Waals surface area contributed by atoms with E-state index in [2.05, 4.69) is 5.32 Å². The van der Waals surface area contributed by atoms with Crippen molar-refractivity contribution in [3.63, 3.8) is 0 Å². The first-order valence-electron chi connectivity index (χ1n) is 7.93. The summed E-state index contributed by atoms with van der Waals surface area (Å²) in [7, 11) is 0. The largest absolute Gasteiger partial charge is 0.460 e. The van der Waals surface area contributed by atoms with E-state index in [4.69, 9.17) is 4.74 Å². The number of fused-ring (bicyclic) bond motifs is 1. The first-order chi connectivity index (χ1) is 11.5. The minimum atomic E-state index is -0.503. The lowest BCUT2D eigenvalue weighted by Crippen LogP contribution is -2.50. The molecule has 2 aliphatic heterocycles. The monoisotopic (exact) mass is 348 g/mol. The summed E-state index contributed by atoms with van der Waals surface area (Å²) in [6.07, 6.45) is 1.24. The van der Waals surface area contributed by atoms with Crippen LogP contribution in [-0.4, -0.2) is 45.9 Å². The molecule has 3 rings (SSSR count). The molecule has 0 aliphatic carbocycles. The molecule has 2 aliphatic rings. The normalized spacial score (nSPS) is 25.5. The number of benzene rings is 1. The smallest absolute Gasteiger partial charge is 0.325 e. The highest BCUT2D eigenvalue weighted by atomic mass is 32.2. The fourth-order valence-electron chi connectivity index (χ4n) is 3.08. The standard InChI is InChI=1S/C17H20N2O4S/c1-17-8-7-14(20)19(17)13(11-24-17)16(22)18-9-15(21)23-10-12-5-3-2-4-6-12/h2-6,13H,7-11H2,1H3,(H,18,22)/t13-,17+/m1/s1. The molecule has 1 aromatic carbocycles. The van der Waals surface area contributed by atoms with Gasteiger partial charge < -0.3 is 15.0 Å². The molecule has 6 nitrogen and oxygen atoms in total. The van der Waals surface area contributed by atoms with Gasteiger partial charge in [0.05, 0.1) is 4.87 Å². The van der Waals surface area contributed by atoms with Gasteiger partial charge in [0.1, 0.15) is 19.2 Å². The topological polar surface area (TPSA) is 75.7 Å². The average molecular weight is 348 g/mol. The Balaban J connectivity index is 1.47. The van der Waals surface area contributed by atoms with Gasteiger partial charge in [-0.25, -0.2) is 0 Å². The maximum atomic E-state index is 12.3. The van der Waals surface area contributed by atoms with Crippen LogP contribution in [0.1, 0.15) is 25.3 Å². The molecule has 1 N–H and O–H groups in total. The van der Waals surface area contributed by atoms with Crippen molar-refractivity contribution in [1.29, 1.82) is 0 Å². The third kappa shape index (κ3) is 3.40. The van der Waals surface area contributed by atoms with Crippen LogP contribution in [0.15, 0.2) is 30.3 Å². The second kappa shape index (κ2) is 6.84. The number of hydrogen-bond donors (Lipinski definition) is 1. The number of nitrogens with one attached hydrogen (secondary N) is 1. The molecule has 7 heteroatoms. The third-order valence-electron chi connectivity index (χ3n) is 4.40. The molecular formula is C17H20N2O4S. The van der Waals surface area contributed by atoms with Crippen LogP contribution in [0.3, 0.4) is 0 Å². The van der Waals surface area contributed by atoms with E-state index in [0.29, 0.717) is 12.2 Å². The molecule has 2 heterocycles. The van der Waals surface area contributed by atoms with Crippen molar-refractivity contribution in [2.24, 2.45) is 0 Å². The van der Waals surface area contributed by atoms with Gasteiger partial charge in [0.25, 0.3) is 0 Å². The number of thioether (sulfide) groups is 1. The summed E-state index contributed by atoms with van der Waals surface area (Å²) in [5.41, 5.74) is 0.891. The van der Waals surface area contributed by atoms with Gasteiger partial charge >= 0.3 is 5.97 Å². The molecule has 1 aromatic rings. The van der Waals surface area contributed by atoms with Gasteiger partial charge in [-0.05, 0) is 18.9 Å². The Bertz CT molecular complexity index is 651. The molecule has 2 atom stereocenters. The van der Waals surface area contributed by atoms with E-state index in [1.54, 1.807) is 16.7 Å². The summed E-state index contributed by atoms with van der Waals surface area (Å²) < 4.78 is 5.13. The number of nitrogens with zero attached hydrogens (tertiary/aromatic N) is 1. The summed E-state index contributed by atoms with van der Waals surface area (Å²) in [5.74, 6) is -0.214. The lowest BCUT2D eigenvalue weighted by molar-refractivity contribution is -0.146. The van der Waals surface area contributed by atoms with Crippen LogP contribution >= 0.6 is 11.8 Å². The van der Waals surface area contributed by atoms with Crippen LogP contribution in [0.2, 0.25) is 0 Å². The van der Waals surface area contributed by atoms with Crippen molar-refractivity contribution < 1.29 is 19.1 Å². The highest BCUT2D eigenvalue weighted by molar-refractivity contribution is 8.01. The number of carbonyl (C=O) groups excluding carboxylic acids is 3. The maximum Gasteiger partial charge on any atom is 0.325 e. The number of esters is 1. The van der Waals surface area contributed by atoms with Crippen molar-refractivity contribution >= 4 is 29.5 Å². The van der Waals surface area contributed by atoms with Crippen molar-refractivity contribution in [2.75, 3.05) is 12.3 Å². The molecule has 0 radical (unpaired) electrons. The van der Waals surface area contributed by atoms with Crippen molar-refractivity contribution in [1.82, 2.24) is 10.2 Å². The fraction of sp³-hybridized carbons (Fsp3) is 0.471. The molecule has 0 unspecified atom stereocenters. The Morgan fingerprint density at radius 3 is 2.88 bits per heavy atom. The lowest BCUT2D eigenvalue weighted by Gasteiger charge is -2.29. The number of amides is 2. The number of hydrogen-bond acceptors (Lipinski definition) is 5. The third-order valence-corrected chi connectivity index (χ3v) is 5.90. The van der Waals surface area contributed by atoms with Gasteiger partial charge in [0.15, 0.2) is 0 Å². The second-order valence-electron chi connectivity index (χ2n) is 6.13. The highest BCUT2D eigenvalue weighted by Gasteiger charge is 2.52. The molecule has 128 valence electrons. The Morgan fingerprint density at radius 2 is 2.12 bits per heavy atom. The van der Waals surface area contributed by atoms with Crippen molar-refractivity contribution in [3.05, 3.63) is 35.9 Å². The van der Waals surface area contributed by atoms with Gasteiger partial charge in [-0.15, -0.1) is 11.8 Å². The molecule has 0 bridgehead atoms. The quantitative estimate of drug-likeness (QED) is 0.812. The van der Waals surface area contributed by atoms with E-state index in [-0.39, 0.29) is 29.8 Å². The zero-order valence-corrected chi connectivity index (χ0v) is 14.3. The van der Waals surface area contributed by atoms with Crippen molar-refractivity contribution in [2.45, 2.75) is 37.3 Å². The van der Waals surface area contributed by atoms with Gasteiger partial charge in [0, 0.05) is 12.2 Å². The summed E-state index contributed by atoms with van der Waals surface area (Å²) in [6.45, 7) is 1.98. The van der Waals surface area contributed by atoms with E-state index in [1.807, 2.05) is 37.3 Å². The Morgan fingerprint density at radius 1 is 1.38 bits per heavy atom. The highest BCUT2D eigenvalue weighted by Crippen LogP contribution is 2.47. The van der Waals surface area contributed by atoms with E-state index < -0.39 is 12.0 Å². The predicted molar refractivity (Wildman–Crippen MR) is 90.0 cm³/mol. The van der Waals surface area contributed by atoms with E-state index in [0.717, 1.165) is 12.0 Å². The number of ether oxygens (including phenoxy) is 1. The number of carbonyl (C=O) groups is 3. The number of rotatable bonds is 5. The zero-order valence-electron chi connectivity index (χ0n) is 13.5. The summed E-state index contributed by atoms with van der Waals surface area (Å²) in [4.78, 5) is 37.5. The Kier molecular flexibility index (Phi) is 4.80. The average Bonchev–Trinajstić information content (AvgIpc) is 3.08. The van der Waals surface area contributed by atoms with E-state index >= 15 is 0 Å². The van der Waals surface area contributed by atoms with E-state index in [9.17, 15) is 14.4 Å². The lowest BCUT2D eigenvalue weighted by atomic mass is 10.2. The van der Waals surface area contributed by atoms with Crippen LogP contribution in [0.4, 0.5) is 0 Å². The molecule has 2 fully saturated rings.